The molecule has 12 aromatic rings. The van der Waals surface area contributed by atoms with Crippen LogP contribution in [-0.4, -0.2) is 0 Å². The third-order valence-corrected chi connectivity index (χ3v) is 12.9. The summed E-state index contributed by atoms with van der Waals surface area (Å²) >= 11 is 0. The van der Waals surface area contributed by atoms with Crippen LogP contribution in [0.3, 0.4) is 0 Å². The van der Waals surface area contributed by atoms with Crippen LogP contribution < -0.4 is 4.90 Å². The summed E-state index contributed by atoms with van der Waals surface area (Å²) < 4.78 is 6.81. The first-order valence-corrected chi connectivity index (χ1v) is 22.6. The molecule has 12 rings (SSSR count). The van der Waals surface area contributed by atoms with Crippen LogP contribution in [0.4, 0.5) is 17.1 Å². The first-order valence-electron chi connectivity index (χ1n) is 22.6. The first-order chi connectivity index (χ1) is 32.7. The van der Waals surface area contributed by atoms with Crippen molar-refractivity contribution in [2.45, 2.75) is 0 Å². The fraction of sp³-hybridized carbons (Fsp3) is 0. The Kier molecular flexibility index (Phi) is 9.89. The molecule has 0 amide bonds. The molecule has 0 aliphatic heterocycles. The molecule has 1 aromatic heterocycles. The Hall–Kier alpha value is -8.72. The molecule has 11 aromatic carbocycles. The molecule has 66 heavy (non-hydrogen) atoms. The van der Waals surface area contributed by atoms with Crippen molar-refractivity contribution in [2.24, 2.45) is 0 Å². The van der Waals surface area contributed by atoms with Gasteiger partial charge in [-0.05, 0) is 108 Å². The van der Waals surface area contributed by atoms with Crippen molar-refractivity contribution in [3.05, 3.63) is 261 Å². The predicted molar refractivity (Wildman–Crippen MR) is 279 cm³/mol. The van der Waals surface area contributed by atoms with Gasteiger partial charge in [-0.15, -0.1) is 0 Å². The lowest BCUT2D eigenvalue weighted by Gasteiger charge is -2.26. The number of furan rings is 1. The Balaban J connectivity index is 0.979. The highest BCUT2D eigenvalue weighted by Gasteiger charge is 2.19. The van der Waals surface area contributed by atoms with Gasteiger partial charge in [0.2, 0.25) is 0 Å². The summed E-state index contributed by atoms with van der Waals surface area (Å²) in [5.41, 5.74) is 19.1. The molecule has 310 valence electrons. The van der Waals surface area contributed by atoms with E-state index < -0.39 is 0 Å². The van der Waals surface area contributed by atoms with E-state index in [1.165, 1.54) is 55.3 Å². The van der Waals surface area contributed by atoms with Crippen LogP contribution in [0.1, 0.15) is 0 Å². The highest BCUT2D eigenvalue weighted by Crippen LogP contribution is 2.44. The van der Waals surface area contributed by atoms with Crippen LogP contribution in [0.25, 0.3) is 99.5 Å². The molecule has 1 heterocycles. The molecular weight excluding hydrogens is 799 g/mol. The molecule has 0 aliphatic carbocycles. The van der Waals surface area contributed by atoms with E-state index in [0.29, 0.717) is 0 Å². The summed E-state index contributed by atoms with van der Waals surface area (Å²) in [6, 6.07) is 93.6. The Bertz CT molecular complexity index is 3660. The lowest BCUT2D eigenvalue weighted by molar-refractivity contribution is 0.670. The fourth-order valence-electron chi connectivity index (χ4n) is 9.80. The van der Waals surface area contributed by atoms with Gasteiger partial charge in [0.15, 0.2) is 0 Å². The van der Waals surface area contributed by atoms with Crippen LogP contribution in [0, 0.1) is 0 Å². The molecule has 0 fully saturated rings. The van der Waals surface area contributed by atoms with Gasteiger partial charge in [-0.25, -0.2) is 0 Å². The van der Waals surface area contributed by atoms with Crippen molar-refractivity contribution >= 4 is 49.8 Å². The molecule has 0 N–H and O–H groups in total. The molecular formula is C64H43NO. The zero-order valence-corrected chi connectivity index (χ0v) is 36.2. The second-order valence-corrected chi connectivity index (χ2v) is 16.8. The van der Waals surface area contributed by atoms with Gasteiger partial charge >= 0.3 is 0 Å². The lowest BCUT2D eigenvalue weighted by atomic mass is 9.89. The molecule has 0 saturated carbocycles. The minimum Gasteiger partial charge on any atom is -0.455 e. The number of anilines is 3. The van der Waals surface area contributed by atoms with Crippen molar-refractivity contribution in [1.82, 2.24) is 0 Å². The standard InChI is InChI=1S/C64H43NO/c1-4-17-44(18-5-1)53-25-10-12-27-58(53)59-28-13-11-26-54(59)47-33-37-50(38-34-47)65(52-41-42-60-61-32-16-31-57(46-21-8-3-9-22-46)64(61)66-62(60)43-52)51-39-35-48(36-40-51)56-30-15-24-49-23-14-29-55(63(49)56)45-19-6-2-7-20-45/h1-43H. The van der Waals surface area contributed by atoms with Crippen molar-refractivity contribution in [3.8, 4) is 66.8 Å². The highest BCUT2D eigenvalue weighted by atomic mass is 16.3. The Labute approximate surface area is 384 Å². The van der Waals surface area contributed by atoms with Gasteiger partial charge in [0.25, 0.3) is 0 Å². The number of fused-ring (bicyclic) bond motifs is 4. The smallest absolute Gasteiger partial charge is 0.143 e. The largest absolute Gasteiger partial charge is 0.455 e. The van der Waals surface area contributed by atoms with Crippen LogP contribution in [0.15, 0.2) is 265 Å². The molecule has 0 unspecified atom stereocenters. The van der Waals surface area contributed by atoms with E-state index in [0.717, 1.165) is 61.3 Å². The van der Waals surface area contributed by atoms with Gasteiger partial charge in [-0.2, -0.15) is 0 Å². The maximum atomic E-state index is 6.81. The van der Waals surface area contributed by atoms with Gasteiger partial charge in [-0.1, -0.05) is 218 Å². The summed E-state index contributed by atoms with van der Waals surface area (Å²) in [7, 11) is 0. The van der Waals surface area contributed by atoms with Gasteiger partial charge in [0.1, 0.15) is 11.2 Å². The molecule has 0 aliphatic rings. The lowest BCUT2D eigenvalue weighted by Crippen LogP contribution is -2.09. The number of hydrogen-bond donors (Lipinski definition) is 0. The third kappa shape index (κ3) is 7.02. The minimum atomic E-state index is 0.847. The predicted octanol–water partition coefficient (Wildman–Crippen LogP) is 18.2. The van der Waals surface area contributed by atoms with Crippen molar-refractivity contribution < 1.29 is 4.42 Å². The minimum absolute atomic E-state index is 0.847. The quantitative estimate of drug-likeness (QED) is 0.144. The van der Waals surface area contributed by atoms with Gasteiger partial charge in [-0.3, -0.25) is 0 Å². The summed E-state index contributed by atoms with van der Waals surface area (Å²) in [5, 5.41) is 4.67. The van der Waals surface area contributed by atoms with Crippen LogP contribution in [-0.2, 0) is 0 Å². The van der Waals surface area contributed by atoms with Crippen LogP contribution in [0.5, 0.6) is 0 Å². The molecule has 2 nitrogen and oxygen atoms in total. The number of hydrogen-bond acceptors (Lipinski definition) is 2. The summed E-state index contributed by atoms with van der Waals surface area (Å²) in [4.78, 5) is 2.34. The van der Waals surface area contributed by atoms with E-state index in [-0.39, 0.29) is 0 Å². The average molecular weight is 842 g/mol. The Morgan fingerprint density at radius 2 is 0.652 bits per heavy atom. The van der Waals surface area contributed by atoms with Crippen molar-refractivity contribution in [1.29, 1.82) is 0 Å². The van der Waals surface area contributed by atoms with Gasteiger partial charge in [0.05, 0.1) is 0 Å². The Morgan fingerprint density at radius 3 is 1.20 bits per heavy atom. The zero-order chi connectivity index (χ0) is 43.8. The van der Waals surface area contributed by atoms with Crippen molar-refractivity contribution in [2.75, 3.05) is 4.90 Å². The van der Waals surface area contributed by atoms with Gasteiger partial charge in [0, 0.05) is 39.5 Å². The second kappa shape index (κ2) is 16.8. The van der Waals surface area contributed by atoms with Gasteiger partial charge < -0.3 is 9.32 Å². The summed E-state index contributed by atoms with van der Waals surface area (Å²) in [6.45, 7) is 0. The molecule has 0 saturated heterocycles. The second-order valence-electron chi connectivity index (χ2n) is 16.8. The van der Waals surface area contributed by atoms with E-state index >= 15 is 0 Å². The number of rotatable bonds is 9. The van der Waals surface area contributed by atoms with Crippen LogP contribution in [0.2, 0.25) is 0 Å². The van der Waals surface area contributed by atoms with E-state index in [1.807, 2.05) is 0 Å². The maximum absolute atomic E-state index is 6.81. The normalized spacial score (nSPS) is 11.3. The van der Waals surface area contributed by atoms with E-state index in [2.05, 4.69) is 266 Å². The zero-order valence-electron chi connectivity index (χ0n) is 36.2. The van der Waals surface area contributed by atoms with Crippen molar-refractivity contribution in [3.63, 3.8) is 0 Å². The SMILES string of the molecule is c1ccc(-c2ccccc2-c2ccccc2-c2ccc(N(c3ccc(-c4cccc5cccc(-c6ccccc6)c45)cc3)c3ccc4c(c3)oc3c(-c5ccccc5)cccc34)cc2)cc1. The molecule has 0 spiro atoms. The number of benzene rings is 11. The summed E-state index contributed by atoms with van der Waals surface area (Å²) in [5.74, 6) is 0. The Morgan fingerprint density at radius 1 is 0.258 bits per heavy atom. The highest BCUT2D eigenvalue weighted by molar-refractivity contribution is 6.11. The maximum Gasteiger partial charge on any atom is 0.143 e. The summed E-state index contributed by atoms with van der Waals surface area (Å²) in [6.07, 6.45) is 0. The molecule has 0 radical (unpaired) electrons. The molecule has 2 heteroatoms. The monoisotopic (exact) mass is 841 g/mol. The fourth-order valence-corrected chi connectivity index (χ4v) is 9.80. The average Bonchev–Trinajstić information content (AvgIpc) is 3.78. The molecule has 0 atom stereocenters. The third-order valence-electron chi connectivity index (χ3n) is 12.9. The van der Waals surface area contributed by atoms with E-state index in [4.69, 9.17) is 4.42 Å². The molecule has 0 bridgehead atoms. The van der Waals surface area contributed by atoms with E-state index in [9.17, 15) is 0 Å². The number of para-hydroxylation sites is 1. The topological polar surface area (TPSA) is 16.4 Å². The number of nitrogens with zero attached hydrogens (tertiary/aromatic N) is 1. The first kappa shape index (κ1) is 38.9. The van der Waals surface area contributed by atoms with E-state index in [1.54, 1.807) is 0 Å². The van der Waals surface area contributed by atoms with Crippen LogP contribution >= 0.6 is 0 Å².